The Kier molecular flexibility index (Phi) is 14.0. The van der Waals surface area contributed by atoms with Gasteiger partial charge in [-0.2, -0.15) is 5.10 Å². The van der Waals surface area contributed by atoms with Gasteiger partial charge < -0.3 is 0 Å². The van der Waals surface area contributed by atoms with Gasteiger partial charge in [-0.05, 0) is 171 Å². The number of benzene rings is 6. The second-order valence-corrected chi connectivity index (χ2v) is 19.9. The second-order valence-electron chi connectivity index (χ2n) is 19.9. The van der Waals surface area contributed by atoms with Crippen molar-refractivity contribution in [2.45, 2.75) is 105 Å². The average Bonchev–Trinajstić information content (AvgIpc) is 4.19. The highest BCUT2D eigenvalue weighted by Gasteiger charge is 2.22. The van der Waals surface area contributed by atoms with Crippen molar-refractivity contribution < 1.29 is 0 Å². The minimum absolute atomic E-state index is 0.821. The van der Waals surface area contributed by atoms with E-state index in [9.17, 15) is 0 Å². The molecular weight excluding hydrogens is 841 g/mol. The van der Waals surface area contributed by atoms with Crippen LogP contribution in [0.4, 0.5) is 0 Å². The summed E-state index contributed by atoms with van der Waals surface area (Å²) in [7, 11) is 0. The van der Waals surface area contributed by atoms with E-state index in [1.807, 2.05) is 35.5 Å². The summed E-state index contributed by atoms with van der Waals surface area (Å²) in [4.78, 5) is 9.60. The molecule has 0 radical (unpaired) electrons. The van der Waals surface area contributed by atoms with Gasteiger partial charge >= 0.3 is 0 Å². The molecule has 10 rings (SSSR count). The van der Waals surface area contributed by atoms with Gasteiger partial charge in [0.15, 0.2) is 0 Å². The number of hydrogen-bond donors (Lipinski definition) is 0. The Labute approximate surface area is 409 Å². The van der Waals surface area contributed by atoms with Crippen LogP contribution in [0.15, 0.2) is 171 Å². The molecule has 0 saturated heterocycles. The zero-order valence-electron chi connectivity index (χ0n) is 41.0. The van der Waals surface area contributed by atoms with E-state index < -0.39 is 0 Å². The van der Waals surface area contributed by atoms with Crippen molar-refractivity contribution in [2.24, 2.45) is 11.8 Å². The highest BCUT2D eigenvalue weighted by molar-refractivity contribution is 5.63. The van der Waals surface area contributed by atoms with E-state index in [-0.39, 0.29) is 0 Å². The highest BCUT2D eigenvalue weighted by Crippen LogP contribution is 2.35. The minimum atomic E-state index is 0.821. The van der Waals surface area contributed by atoms with Crippen molar-refractivity contribution in [3.8, 4) is 39.8 Å². The summed E-state index contributed by atoms with van der Waals surface area (Å²) in [5.74, 6) is 3.63. The number of imidazole rings is 2. The fourth-order valence-corrected chi connectivity index (χ4v) is 11.4. The third kappa shape index (κ3) is 10.8. The molecule has 0 bridgehead atoms. The Bertz CT molecular complexity index is 3050. The van der Waals surface area contributed by atoms with Crippen LogP contribution in [0.25, 0.3) is 39.8 Å². The molecule has 1 saturated carbocycles. The van der Waals surface area contributed by atoms with Crippen LogP contribution in [0, 0.1) is 39.5 Å². The van der Waals surface area contributed by atoms with E-state index in [2.05, 4.69) is 182 Å². The summed E-state index contributed by atoms with van der Waals surface area (Å²) < 4.78 is 6.45. The van der Waals surface area contributed by atoms with Gasteiger partial charge in [0.05, 0.1) is 17.1 Å². The monoisotopic (exact) mass is 907 g/mol. The smallest absolute Gasteiger partial charge is 0.144 e. The van der Waals surface area contributed by atoms with Gasteiger partial charge in [-0.3, -0.25) is 9.13 Å². The summed E-state index contributed by atoms with van der Waals surface area (Å²) in [5.41, 5.74) is 19.4. The predicted octanol–water partition coefficient (Wildman–Crippen LogP) is 14.8. The number of rotatable bonds is 17. The zero-order valence-corrected chi connectivity index (χ0v) is 41.0. The number of nitrogens with zero attached hydrogens (tertiary/aromatic N) is 6. The summed E-state index contributed by atoms with van der Waals surface area (Å²) in [6.45, 7) is 8.96. The molecule has 3 aromatic heterocycles. The average molecular weight is 907 g/mol. The zero-order chi connectivity index (χ0) is 47.1. The maximum Gasteiger partial charge on any atom is 0.144 e. The van der Waals surface area contributed by atoms with Crippen LogP contribution in [0.2, 0.25) is 0 Å². The summed E-state index contributed by atoms with van der Waals surface area (Å²) in [5, 5.41) is 4.37. The van der Waals surface area contributed by atoms with Gasteiger partial charge in [-0.25, -0.2) is 14.6 Å². The second kappa shape index (κ2) is 21.1. The normalized spacial score (nSPS) is 14.9. The van der Waals surface area contributed by atoms with Gasteiger partial charge in [0, 0.05) is 48.3 Å². The number of aryl methyl sites for hydroxylation is 10. The molecule has 6 heteroatoms. The third-order valence-electron chi connectivity index (χ3n) is 14.8. The first-order valence-corrected chi connectivity index (χ1v) is 25.4. The number of hydrogen-bond acceptors (Lipinski definition) is 3. The summed E-state index contributed by atoms with van der Waals surface area (Å²) in [6, 6.07) is 49.3. The van der Waals surface area contributed by atoms with Crippen LogP contribution >= 0.6 is 0 Å². The quantitative estimate of drug-likeness (QED) is 0.0915. The standard InChI is InChI=1S/C63H66N6/c1-45-39-55(40-46(2)60(45)67-37-34-64-62(67)57-15-6-5-7-16-57)23-21-53-13-9-14-54(44-53)22-24-56-41-47(3)61(48(4)42-56)68-38-35-65-63(68)58-29-25-49(26-30-58)17-19-51-11-8-12-52(43-51)20-18-50-27-31-59(32-28-50)69-36-10-33-66-69/h5-7,9-10,13-16,25-42,44,51-52H,8,11-12,17-24,43H2,1-4H3. The topological polar surface area (TPSA) is 53.5 Å². The van der Waals surface area contributed by atoms with Gasteiger partial charge in [0.25, 0.3) is 0 Å². The predicted molar refractivity (Wildman–Crippen MR) is 284 cm³/mol. The molecule has 2 atom stereocenters. The fraction of sp³-hybridized carbons (Fsp3) is 0.286. The molecule has 0 amide bonds. The molecule has 1 fully saturated rings. The maximum absolute atomic E-state index is 4.89. The fourth-order valence-electron chi connectivity index (χ4n) is 11.4. The molecule has 3 heterocycles. The molecule has 9 aromatic rings. The Morgan fingerprint density at radius 2 is 0.928 bits per heavy atom. The van der Waals surface area contributed by atoms with Crippen LogP contribution in [0.1, 0.15) is 94.2 Å². The Morgan fingerprint density at radius 3 is 1.43 bits per heavy atom. The lowest BCUT2D eigenvalue weighted by atomic mass is 9.77. The Hall–Kier alpha value is -7.05. The Morgan fingerprint density at radius 1 is 0.435 bits per heavy atom. The van der Waals surface area contributed by atoms with E-state index >= 15 is 0 Å². The SMILES string of the molecule is Cc1cc(CCc2cccc(CCc3cc(C)c(-n4ccnc4-c4ccc(CCC5CCCC(CCc6ccc(-n7cccn7)cc6)C5)cc4)c(C)c3)c2)cc(C)c1-n1ccnc1-c1ccccc1. The van der Waals surface area contributed by atoms with Crippen LogP contribution < -0.4 is 0 Å². The van der Waals surface area contributed by atoms with Crippen molar-refractivity contribution in [3.63, 3.8) is 0 Å². The van der Waals surface area contributed by atoms with E-state index in [0.717, 1.165) is 78.8 Å². The van der Waals surface area contributed by atoms with E-state index in [1.165, 1.54) is 106 Å². The molecule has 2 unspecified atom stereocenters. The lowest BCUT2D eigenvalue weighted by Crippen LogP contribution is -2.17. The number of aromatic nitrogens is 6. The van der Waals surface area contributed by atoms with Gasteiger partial charge in [-0.1, -0.05) is 135 Å². The molecule has 6 nitrogen and oxygen atoms in total. The Balaban J connectivity index is 0.718. The summed E-state index contributed by atoms with van der Waals surface area (Å²) in [6.07, 6.45) is 26.3. The summed E-state index contributed by atoms with van der Waals surface area (Å²) >= 11 is 0. The molecular formula is C63H66N6. The van der Waals surface area contributed by atoms with Crippen molar-refractivity contribution in [1.82, 2.24) is 28.9 Å². The van der Waals surface area contributed by atoms with Gasteiger partial charge in [-0.15, -0.1) is 0 Å². The van der Waals surface area contributed by atoms with Gasteiger partial charge in [0.2, 0.25) is 0 Å². The van der Waals surface area contributed by atoms with Crippen LogP contribution in [-0.4, -0.2) is 28.9 Å². The van der Waals surface area contributed by atoms with Crippen LogP contribution in [0.3, 0.4) is 0 Å². The van der Waals surface area contributed by atoms with Crippen LogP contribution in [-0.2, 0) is 38.5 Å². The molecule has 1 aliphatic rings. The van der Waals surface area contributed by atoms with Crippen molar-refractivity contribution in [2.75, 3.05) is 0 Å². The third-order valence-corrected chi connectivity index (χ3v) is 14.8. The molecule has 69 heavy (non-hydrogen) atoms. The molecule has 0 spiro atoms. The van der Waals surface area contributed by atoms with Crippen LogP contribution in [0.5, 0.6) is 0 Å². The largest absolute Gasteiger partial charge is 0.299 e. The van der Waals surface area contributed by atoms with Gasteiger partial charge in [0.1, 0.15) is 11.6 Å². The van der Waals surface area contributed by atoms with E-state index in [0.29, 0.717) is 0 Å². The first kappa shape index (κ1) is 45.7. The van der Waals surface area contributed by atoms with Crippen molar-refractivity contribution >= 4 is 0 Å². The molecule has 1 aliphatic carbocycles. The first-order chi connectivity index (χ1) is 33.8. The molecule has 348 valence electrons. The molecule has 6 aromatic carbocycles. The van der Waals surface area contributed by atoms with Crippen molar-refractivity contribution in [3.05, 3.63) is 226 Å². The van der Waals surface area contributed by atoms with E-state index in [4.69, 9.17) is 9.97 Å². The first-order valence-electron chi connectivity index (χ1n) is 25.4. The minimum Gasteiger partial charge on any atom is -0.299 e. The molecule has 0 aliphatic heterocycles. The molecule has 0 N–H and O–H groups in total. The van der Waals surface area contributed by atoms with E-state index in [1.54, 1.807) is 0 Å². The highest BCUT2D eigenvalue weighted by atomic mass is 15.3. The maximum atomic E-state index is 4.89. The lowest BCUT2D eigenvalue weighted by Gasteiger charge is -2.29. The lowest BCUT2D eigenvalue weighted by molar-refractivity contribution is 0.244. The van der Waals surface area contributed by atoms with Crippen molar-refractivity contribution in [1.29, 1.82) is 0 Å².